The van der Waals surface area contributed by atoms with Crippen LogP contribution in [-0.4, -0.2) is 23.2 Å². The highest BCUT2D eigenvalue weighted by atomic mass is 32.1. The van der Waals surface area contributed by atoms with Crippen LogP contribution in [0.3, 0.4) is 0 Å². The monoisotopic (exact) mass is 237 g/mol. The van der Waals surface area contributed by atoms with Gasteiger partial charge in [0.2, 0.25) is 5.89 Å². The average Bonchev–Trinajstić information content (AvgIpc) is 2.91. The molecule has 0 spiro atoms. The van der Waals surface area contributed by atoms with E-state index >= 15 is 0 Å². The highest BCUT2D eigenvalue weighted by Crippen LogP contribution is 2.11. The van der Waals surface area contributed by atoms with Crippen LogP contribution in [-0.2, 0) is 12.8 Å². The minimum Gasteiger partial charge on any atom is -0.339 e. The van der Waals surface area contributed by atoms with Gasteiger partial charge >= 0.3 is 0 Å². The van der Waals surface area contributed by atoms with Crippen LogP contribution in [0.2, 0.25) is 0 Å². The van der Waals surface area contributed by atoms with Crippen molar-refractivity contribution in [3.05, 3.63) is 34.1 Å². The van der Waals surface area contributed by atoms with E-state index in [1.54, 1.807) is 11.3 Å². The Morgan fingerprint density at radius 2 is 2.44 bits per heavy atom. The Kier molecular flexibility index (Phi) is 3.69. The Labute approximate surface area is 98.7 Å². The van der Waals surface area contributed by atoms with Gasteiger partial charge in [0.1, 0.15) is 0 Å². The topological polar surface area (TPSA) is 51.0 Å². The number of rotatable bonds is 5. The van der Waals surface area contributed by atoms with Crippen molar-refractivity contribution in [3.63, 3.8) is 0 Å². The number of hydrogen-bond donors (Lipinski definition) is 1. The summed E-state index contributed by atoms with van der Waals surface area (Å²) in [7, 11) is 1.93. The zero-order valence-corrected chi connectivity index (χ0v) is 10.3. The van der Waals surface area contributed by atoms with Crippen molar-refractivity contribution < 1.29 is 4.52 Å². The summed E-state index contributed by atoms with van der Waals surface area (Å²) in [5, 5.41) is 11.3. The number of nitrogens with zero attached hydrogens (tertiary/aromatic N) is 2. The van der Waals surface area contributed by atoms with Crippen molar-refractivity contribution in [2.45, 2.75) is 25.8 Å². The average molecular weight is 237 g/mol. The lowest BCUT2D eigenvalue weighted by Crippen LogP contribution is -2.24. The van der Waals surface area contributed by atoms with E-state index in [1.807, 2.05) is 7.05 Å². The second-order valence-electron chi connectivity index (χ2n) is 3.81. The Morgan fingerprint density at radius 3 is 3.12 bits per heavy atom. The minimum absolute atomic E-state index is 0.367. The molecule has 0 amide bonds. The first-order chi connectivity index (χ1) is 7.78. The number of nitrogens with one attached hydrogen (secondary N) is 1. The fraction of sp³-hybridized carbons (Fsp3) is 0.455. The summed E-state index contributed by atoms with van der Waals surface area (Å²) < 4.78 is 5.20. The molecule has 1 atom stereocenters. The predicted octanol–water partition coefficient (Wildman–Crippen LogP) is 1.87. The van der Waals surface area contributed by atoms with Crippen LogP contribution in [0.15, 0.2) is 21.3 Å². The molecule has 0 radical (unpaired) electrons. The van der Waals surface area contributed by atoms with E-state index in [0.717, 1.165) is 18.7 Å². The van der Waals surface area contributed by atoms with E-state index in [-0.39, 0.29) is 0 Å². The molecular formula is C11H15N3OS. The van der Waals surface area contributed by atoms with Gasteiger partial charge in [-0.3, -0.25) is 0 Å². The molecule has 1 N–H and O–H groups in total. The maximum atomic E-state index is 5.20. The first-order valence-corrected chi connectivity index (χ1v) is 6.22. The molecule has 2 heterocycles. The zero-order valence-electron chi connectivity index (χ0n) is 9.43. The first kappa shape index (κ1) is 11.3. The zero-order chi connectivity index (χ0) is 11.4. The third kappa shape index (κ3) is 2.90. The van der Waals surface area contributed by atoms with Crippen LogP contribution in [0.1, 0.15) is 24.2 Å². The summed E-state index contributed by atoms with van der Waals surface area (Å²) in [5.41, 5.74) is 1.22. The van der Waals surface area contributed by atoms with Crippen LogP contribution in [0.5, 0.6) is 0 Å². The highest BCUT2D eigenvalue weighted by molar-refractivity contribution is 7.07. The summed E-state index contributed by atoms with van der Waals surface area (Å²) >= 11 is 1.68. The molecule has 0 aliphatic carbocycles. The molecule has 0 aromatic carbocycles. The van der Waals surface area contributed by atoms with E-state index < -0.39 is 0 Å². The van der Waals surface area contributed by atoms with E-state index in [0.29, 0.717) is 11.9 Å². The third-order valence-corrected chi connectivity index (χ3v) is 3.16. The quantitative estimate of drug-likeness (QED) is 0.862. The molecule has 2 aromatic heterocycles. The normalized spacial score (nSPS) is 12.9. The van der Waals surface area contributed by atoms with Gasteiger partial charge in [-0.25, -0.2) is 0 Å². The molecule has 0 saturated heterocycles. The Balaban J connectivity index is 1.97. The molecule has 5 heteroatoms. The van der Waals surface area contributed by atoms with Gasteiger partial charge in [-0.1, -0.05) is 5.16 Å². The van der Waals surface area contributed by atoms with Gasteiger partial charge in [0, 0.05) is 12.5 Å². The first-order valence-electron chi connectivity index (χ1n) is 5.27. The molecule has 0 bridgehead atoms. The molecule has 16 heavy (non-hydrogen) atoms. The van der Waals surface area contributed by atoms with Crippen molar-refractivity contribution >= 4 is 11.3 Å². The van der Waals surface area contributed by atoms with Gasteiger partial charge in [0.15, 0.2) is 5.82 Å². The second-order valence-corrected chi connectivity index (χ2v) is 4.59. The molecule has 0 aliphatic rings. The number of hydrogen-bond acceptors (Lipinski definition) is 5. The molecule has 4 nitrogen and oxygen atoms in total. The summed E-state index contributed by atoms with van der Waals surface area (Å²) in [6.45, 7) is 2.09. The summed E-state index contributed by atoms with van der Waals surface area (Å²) in [5.74, 6) is 1.46. The van der Waals surface area contributed by atoms with Crippen molar-refractivity contribution in [2.75, 3.05) is 7.05 Å². The van der Waals surface area contributed by atoms with Crippen molar-refractivity contribution in [1.82, 2.24) is 15.5 Å². The largest absolute Gasteiger partial charge is 0.339 e. The molecular weight excluding hydrogens is 222 g/mol. The van der Waals surface area contributed by atoms with Crippen LogP contribution in [0.25, 0.3) is 0 Å². The van der Waals surface area contributed by atoms with E-state index in [1.165, 1.54) is 5.56 Å². The predicted molar refractivity (Wildman–Crippen MR) is 63.6 cm³/mol. The van der Waals surface area contributed by atoms with Crippen molar-refractivity contribution in [2.24, 2.45) is 0 Å². The van der Waals surface area contributed by atoms with Gasteiger partial charge in [0.25, 0.3) is 0 Å². The molecule has 2 rings (SSSR count). The number of thiophene rings is 1. The Morgan fingerprint density at radius 1 is 1.56 bits per heavy atom. The molecule has 0 aliphatic heterocycles. The number of likely N-dealkylation sites (N-methyl/N-ethyl adjacent to an activating group) is 1. The molecule has 86 valence electrons. The minimum atomic E-state index is 0.367. The smallest absolute Gasteiger partial charge is 0.231 e. The summed E-state index contributed by atoms with van der Waals surface area (Å²) in [6.07, 6.45) is 1.52. The van der Waals surface area contributed by atoms with Crippen molar-refractivity contribution in [1.29, 1.82) is 0 Å². The van der Waals surface area contributed by atoms with Gasteiger partial charge in [-0.15, -0.1) is 0 Å². The molecule has 2 aromatic rings. The van der Waals surface area contributed by atoms with Gasteiger partial charge in [-0.05, 0) is 36.4 Å². The lowest BCUT2D eigenvalue weighted by molar-refractivity contribution is 0.377. The van der Waals surface area contributed by atoms with E-state index in [2.05, 4.69) is 39.2 Å². The summed E-state index contributed by atoms with van der Waals surface area (Å²) in [4.78, 5) is 4.36. The molecule has 0 fully saturated rings. The van der Waals surface area contributed by atoms with Gasteiger partial charge in [0.05, 0.1) is 6.42 Å². The van der Waals surface area contributed by atoms with Crippen LogP contribution >= 0.6 is 11.3 Å². The van der Waals surface area contributed by atoms with Crippen LogP contribution < -0.4 is 5.32 Å². The van der Waals surface area contributed by atoms with Crippen LogP contribution in [0, 0.1) is 0 Å². The van der Waals surface area contributed by atoms with E-state index in [4.69, 9.17) is 4.52 Å². The van der Waals surface area contributed by atoms with Crippen molar-refractivity contribution in [3.8, 4) is 0 Å². The lowest BCUT2D eigenvalue weighted by atomic mass is 10.2. The maximum absolute atomic E-state index is 5.20. The van der Waals surface area contributed by atoms with E-state index in [9.17, 15) is 0 Å². The van der Waals surface area contributed by atoms with Gasteiger partial charge < -0.3 is 9.84 Å². The fourth-order valence-electron chi connectivity index (χ4n) is 1.39. The summed E-state index contributed by atoms with van der Waals surface area (Å²) in [6, 6.07) is 2.44. The maximum Gasteiger partial charge on any atom is 0.231 e. The Bertz CT molecular complexity index is 424. The molecule has 1 unspecified atom stereocenters. The standard InChI is InChI=1S/C11H15N3OS/c1-8(12-2)5-10-13-11(15-14-10)6-9-3-4-16-7-9/h3-4,7-8,12H,5-6H2,1-2H3. The third-order valence-electron chi connectivity index (χ3n) is 2.43. The highest BCUT2D eigenvalue weighted by Gasteiger charge is 2.09. The number of aromatic nitrogens is 2. The SMILES string of the molecule is CNC(C)Cc1noc(Cc2ccsc2)n1. The Hall–Kier alpha value is -1.20. The molecule has 0 saturated carbocycles. The second kappa shape index (κ2) is 5.23. The van der Waals surface area contributed by atoms with Crippen LogP contribution in [0.4, 0.5) is 0 Å². The fourth-order valence-corrected chi connectivity index (χ4v) is 2.06. The lowest BCUT2D eigenvalue weighted by Gasteiger charge is -2.04. The van der Waals surface area contributed by atoms with Gasteiger partial charge in [-0.2, -0.15) is 16.3 Å².